The minimum Gasteiger partial charge on any atom is -0.491 e. The fourth-order valence-corrected chi connectivity index (χ4v) is 6.06. The molecule has 0 radical (unpaired) electrons. The molecule has 1 unspecified atom stereocenters. The molecule has 3 aliphatic heterocycles. The van der Waals surface area contributed by atoms with Crippen LogP contribution in [0.3, 0.4) is 0 Å². The van der Waals surface area contributed by atoms with Crippen molar-refractivity contribution < 1.29 is 19.0 Å². The van der Waals surface area contributed by atoms with Crippen molar-refractivity contribution in [2.45, 2.75) is 11.5 Å². The predicted molar refractivity (Wildman–Crippen MR) is 140 cm³/mol. The summed E-state index contributed by atoms with van der Waals surface area (Å²) in [5.74, 6) is 1.95. The van der Waals surface area contributed by atoms with Crippen molar-refractivity contribution in [2.24, 2.45) is 0 Å². The first-order valence-electron chi connectivity index (χ1n) is 12.0. The zero-order valence-electron chi connectivity index (χ0n) is 19.3. The number of nitrogens with zero attached hydrogens (tertiary/aromatic N) is 1. The quantitative estimate of drug-likeness (QED) is 0.318. The van der Waals surface area contributed by atoms with Crippen LogP contribution in [0.5, 0.6) is 17.2 Å². The largest absolute Gasteiger partial charge is 0.491 e. The highest BCUT2D eigenvalue weighted by Gasteiger charge is 2.59. The Morgan fingerprint density at radius 3 is 2.03 bits per heavy atom. The molecule has 0 N–H and O–H groups in total. The van der Waals surface area contributed by atoms with Crippen LogP contribution >= 0.6 is 15.9 Å². The Morgan fingerprint density at radius 1 is 0.722 bits per heavy atom. The van der Waals surface area contributed by atoms with Crippen molar-refractivity contribution in [3.8, 4) is 17.2 Å². The van der Waals surface area contributed by atoms with Gasteiger partial charge in [0.2, 0.25) is 5.91 Å². The monoisotopic (exact) mass is 539 g/mol. The van der Waals surface area contributed by atoms with Gasteiger partial charge in [0.25, 0.3) is 0 Å². The van der Waals surface area contributed by atoms with Crippen LogP contribution in [0.2, 0.25) is 0 Å². The molecule has 1 spiro atoms. The number of carbonyl (C=O) groups excluding carboxylic acids is 1. The zero-order valence-corrected chi connectivity index (χ0v) is 20.9. The molecule has 7 rings (SSSR count). The van der Waals surface area contributed by atoms with E-state index in [0.29, 0.717) is 30.5 Å². The van der Waals surface area contributed by atoms with Crippen LogP contribution in [-0.2, 0) is 10.2 Å². The van der Waals surface area contributed by atoms with Crippen LogP contribution in [0.1, 0.15) is 28.3 Å². The second-order valence-corrected chi connectivity index (χ2v) is 10.2. The van der Waals surface area contributed by atoms with E-state index in [9.17, 15) is 4.79 Å². The molecule has 5 nitrogen and oxygen atoms in total. The van der Waals surface area contributed by atoms with E-state index >= 15 is 0 Å². The Hall–Kier alpha value is -3.77. The van der Waals surface area contributed by atoms with Crippen LogP contribution in [-0.4, -0.2) is 25.7 Å². The fraction of sp³-hybridized carbons (Fsp3) is 0.167. The first kappa shape index (κ1) is 21.5. The minimum absolute atomic E-state index is 0.0104. The molecule has 3 aliphatic rings. The van der Waals surface area contributed by atoms with Gasteiger partial charge in [0.05, 0.1) is 6.04 Å². The summed E-state index contributed by atoms with van der Waals surface area (Å²) in [7, 11) is 0. The summed E-state index contributed by atoms with van der Waals surface area (Å²) >= 11 is 3.65. The first-order chi connectivity index (χ1) is 17.7. The molecule has 3 heterocycles. The maximum absolute atomic E-state index is 14.8. The lowest BCUT2D eigenvalue weighted by molar-refractivity contribution is -0.122. The molecule has 1 atom stereocenters. The smallest absolute Gasteiger partial charge is 0.246 e. The van der Waals surface area contributed by atoms with Gasteiger partial charge >= 0.3 is 0 Å². The normalized spacial score (nSPS) is 19.4. The number of hydrogen-bond donors (Lipinski definition) is 0. The van der Waals surface area contributed by atoms with Crippen molar-refractivity contribution in [1.29, 1.82) is 0 Å². The number of fused-ring (bicyclic) bond motifs is 5. The Labute approximate surface area is 217 Å². The Balaban J connectivity index is 1.46. The molecule has 4 aromatic carbocycles. The Bertz CT molecular complexity index is 1450. The predicted octanol–water partition coefficient (Wildman–Crippen LogP) is 6.04. The summed E-state index contributed by atoms with van der Waals surface area (Å²) in [6.45, 7) is 1.20. The third-order valence-corrected chi connectivity index (χ3v) is 7.79. The SMILES string of the molecule is O=C1N(C(c2ccccc2)c2ccccc2)c2ccc(Br)cc2C12COc1cc3c(cc12)OCCO3. The molecule has 1 amide bonds. The van der Waals surface area contributed by atoms with Gasteiger partial charge in [-0.3, -0.25) is 9.69 Å². The average molecular weight is 540 g/mol. The molecule has 0 fully saturated rings. The third kappa shape index (κ3) is 3.04. The van der Waals surface area contributed by atoms with Gasteiger partial charge in [-0.15, -0.1) is 0 Å². The standard InChI is InChI=1S/C30H22BrNO4/c31-21-11-12-24-22(15-21)30(18-36-25-17-27-26(16-23(25)30)34-13-14-35-27)29(33)32(24)28(19-7-3-1-4-8-19)20-9-5-2-6-10-20/h1-12,15-17,28H,13-14,18H2. The van der Waals surface area contributed by atoms with E-state index in [1.165, 1.54) is 0 Å². The molecule has 0 bridgehead atoms. The van der Waals surface area contributed by atoms with Crippen LogP contribution in [0.4, 0.5) is 5.69 Å². The number of carbonyl (C=O) groups is 1. The van der Waals surface area contributed by atoms with Gasteiger partial charge in [0.15, 0.2) is 11.5 Å². The number of hydrogen-bond acceptors (Lipinski definition) is 4. The Kier molecular flexibility index (Phi) is 4.86. The Morgan fingerprint density at radius 2 is 1.36 bits per heavy atom. The van der Waals surface area contributed by atoms with Gasteiger partial charge in [0, 0.05) is 27.4 Å². The van der Waals surface area contributed by atoms with Gasteiger partial charge in [-0.2, -0.15) is 0 Å². The number of benzene rings is 4. The lowest BCUT2D eigenvalue weighted by Crippen LogP contribution is -2.44. The molecule has 0 aromatic heterocycles. The third-order valence-electron chi connectivity index (χ3n) is 7.30. The van der Waals surface area contributed by atoms with Crippen molar-refractivity contribution in [3.63, 3.8) is 0 Å². The van der Waals surface area contributed by atoms with Gasteiger partial charge in [-0.1, -0.05) is 76.6 Å². The molecule has 0 aliphatic carbocycles. The minimum atomic E-state index is -0.980. The number of halogens is 1. The molecule has 178 valence electrons. The average Bonchev–Trinajstić information content (AvgIpc) is 3.40. The van der Waals surface area contributed by atoms with Gasteiger partial charge in [-0.05, 0) is 35.4 Å². The van der Waals surface area contributed by atoms with Crippen LogP contribution < -0.4 is 19.1 Å². The molecule has 0 saturated carbocycles. The summed E-state index contributed by atoms with van der Waals surface area (Å²) in [5, 5.41) is 0. The molecule has 36 heavy (non-hydrogen) atoms. The lowest BCUT2D eigenvalue weighted by Gasteiger charge is -2.31. The number of rotatable bonds is 3. The fourth-order valence-electron chi connectivity index (χ4n) is 5.69. The second kappa shape index (κ2) is 8.14. The summed E-state index contributed by atoms with van der Waals surface area (Å²) < 4.78 is 18.8. The van der Waals surface area contributed by atoms with Gasteiger partial charge < -0.3 is 14.2 Å². The maximum Gasteiger partial charge on any atom is 0.246 e. The summed E-state index contributed by atoms with van der Waals surface area (Å²) in [6.07, 6.45) is 0. The molecular weight excluding hydrogens is 518 g/mol. The van der Waals surface area contributed by atoms with Gasteiger partial charge in [-0.25, -0.2) is 0 Å². The van der Waals surface area contributed by atoms with E-state index < -0.39 is 5.41 Å². The summed E-state index contributed by atoms with van der Waals surface area (Å²) in [4.78, 5) is 16.7. The molecule has 6 heteroatoms. The van der Waals surface area contributed by atoms with Crippen LogP contribution in [0.25, 0.3) is 0 Å². The van der Waals surface area contributed by atoms with E-state index in [2.05, 4.69) is 46.3 Å². The maximum atomic E-state index is 14.8. The van der Waals surface area contributed by atoms with Crippen molar-refractivity contribution in [2.75, 3.05) is 24.7 Å². The topological polar surface area (TPSA) is 48.0 Å². The summed E-state index contributed by atoms with van der Waals surface area (Å²) in [5.41, 5.74) is 3.74. The second-order valence-electron chi connectivity index (χ2n) is 9.25. The van der Waals surface area contributed by atoms with Crippen molar-refractivity contribution in [1.82, 2.24) is 0 Å². The zero-order chi connectivity index (χ0) is 24.3. The van der Waals surface area contributed by atoms with E-state index in [1.807, 2.05) is 65.6 Å². The first-order valence-corrected chi connectivity index (χ1v) is 12.8. The highest BCUT2D eigenvalue weighted by atomic mass is 79.9. The van der Waals surface area contributed by atoms with E-state index in [-0.39, 0.29) is 18.6 Å². The van der Waals surface area contributed by atoms with Crippen molar-refractivity contribution in [3.05, 3.63) is 118 Å². The van der Waals surface area contributed by atoms with Crippen LogP contribution in [0.15, 0.2) is 95.5 Å². The highest BCUT2D eigenvalue weighted by Crippen LogP contribution is 2.57. The lowest BCUT2D eigenvalue weighted by atomic mass is 9.77. The number of ether oxygens (including phenoxy) is 3. The number of anilines is 1. The molecular formula is C30H22BrNO4. The van der Waals surface area contributed by atoms with E-state index in [0.717, 1.165) is 32.4 Å². The number of amides is 1. The van der Waals surface area contributed by atoms with E-state index in [4.69, 9.17) is 14.2 Å². The van der Waals surface area contributed by atoms with Crippen molar-refractivity contribution >= 4 is 27.5 Å². The molecule has 4 aromatic rings. The van der Waals surface area contributed by atoms with Gasteiger partial charge in [0.1, 0.15) is 31.0 Å². The highest BCUT2D eigenvalue weighted by molar-refractivity contribution is 9.10. The summed E-state index contributed by atoms with van der Waals surface area (Å²) in [6, 6.07) is 29.9. The van der Waals surface area contributed by atoms with E-state index in [1.54, 1.807) is 0 Å². The molecule has 0 saturated heterocycles. The van der Waals surface area contributed by atoms with Crippen LogP contribution in [0, 0.1) is 0 Å².